The van der Waals surface area contributed by atoms with Gasteiger partial charge in [-0.3, -0.25) is 0 Å². The lowest BCUT2D eigenvalue weighted by Gasteiger charge is -2.10. The first-order valence-electron chi connectivity index (χ1n) is 7.45. The number of rotatable bonds is 10. The second-order valence-corrected chi connectivity index (χ2v) is 5.66. The summed E-state index contributed by atoms with van der Waals surface area (Å²) < 4.78 is 0. The molecule has 0 amide bonds. The summed E-state index contributed by atoms with van der Waals surface area (Å²) in [4.78, 5) is 0. The molecule has 96 valence electrons. The molecule has 0 aromatic carbocycles. The molecule has 16 heavy (non-hydrogen) atoms. The van der Waals surface area contributed by atoms with Crippen LogP contribution in [0, 0.1) is 5.92 Å². The van der Waals surface area contributed by atoms with Crippen LogP contribution in [-0.2, 0) is 0 Å². The molecule has 1 N–H and O–H groups in total. The van der Waals surface area contributed by atoms with Gasteiger partial charge in [-0.25, -0.2) is 0 Å². The third-order valence-electron chi connectivity index (χ3n) is 4.07. The van der Waals surface area contributed by atoms with E-state index in [1.165, 1.54) is 57.8 Å². The van der Waals surface area contributed by atoms with Crippen molar-refractivity contribution in [2.24, 2.45) is 5.92 Å². The number of aliphatic hydroxyl groups is 1. The monoisotopic (exact) mass is 226 g/mol. The van der Waals surface area contributed by atoms with Crippen molar-refractivity contribution >= 4 is 0 Å². The summed E-state index contributed by atoms with van der Waals surface area (Å²) >= 11 is 0. The first kappa shape index (κ1) is 14.0. The van der Waals surface area contributed by atoms with Crippen molar-refractivity contribution < 1.29 is 5.11 Å². The fourth-order valence-corrected chi connectivity index (χ4v) is 2.72. The van der Waals surface area contributed by atoms with Crippen LogP contribution in [0.15, 0.2) is 0 Å². The highest BCUT2D eigenvalue weighted by Crippen LogP contribution is 2.50. The quantitative estimate of drug-likeness (QED) is 0.536. The van der Waals surface area contributed by atoms with Gasteiger partial charge in [-0.05, 0) is 25.2 Å². The molecular formula is C15H30O. The van der Waals surface area contributed by atoms with Crippen LogP contribution in [0.4, 0.5) is 0 Å². The minimum Gasteiger partial charge on any atom is -0.390 e. The van der Waals surface area contributed by atoms with E-state index >= 15 is 0 Å². The number of unbranched alkanes of at least 4 members (excludes halogenated alkanes) is 6. The molecule has 1 fully saturated rings. The maximum Gasteiger partial charge on any atom is 0.0680 e. The van der Waals surface area contributed by atoms with Crippen molar-refractivity contribution in [3.05, 3.63) is 0 Å². The van der Waals surface area contributed by atoms with E-state index in [0.29, 0.717) is 5.92 Å². The zero-order chi connectivity index (χ0) is 11.9. The normalized spacial score (nSPS) is 28.3. The third-order valence-corrected chi connectivity index (χ3v) is 4.07. The van der Waals surface area contributed by atoms with Gasteiger partial charge in [0.2, 0.25) is 0 Å². The molecule has 1 heteroatoms. The SMILES string of the molecule is CCCCCC[C@@H]1C[C@]1(O)CCCCCC. The predicted molar refractivity (Wildman–Crippen MR) is 70.6 cm³/mol. The van der Waals surface area contributed by atoms with Crippen LogP contribution in [0.2, 0.25) is 0 Å². The standard InChI is InChI=1S/C15H30O/c1-3-5-7-9-11-14-13-15(14,16)12-10-8-6-4-2/h14,16H,3-13H2,1-2H3/t14-,15-/m1/s1. The lowest BCUT2D eigenvalue weighted by atomic mass is 10.0. The first-order chi connectivity index (χ1) is 7.73. The van der Waals surface area contributed by atoms with Gasteiger partial charge in [-0.15, -0.1) is 0 Å². The van der Waals surface area contributed by atoms with Crippen LogP contribution in [-0.4, -0.2) is 10.7 Å². The average Bonchev–Trinajstić information content (AvgIpc) is 2.92. The van der Waals surface area contributed by atoms with Crippen molar-refractivity contribution in [3.63, 3.8) is 0 Å². The van der Waals surface area contributed by atoms with Crippen molar-refractivity contribution in [2.45, 2.75) is 90.1 Å². The van der Waals surface area contributed by atoms with Crippen molar-refractivity contribution in [3.8, 4) is 0 Å². The van der Waals surface area contributed by atoms with Gasteiger partial charge in [-0.1, -0.05) is 65.2 Å². The van der Waals surface area contributed by atoms with E-state index in [1.807, 2.05) is 0 Å². The van der Waals surface area contributed by atoms with Crippen LogP contribution >= 0.6 is 0 Å². The fourth-order valence-electron chi connectivity index (χ4n) is 2.72. The Kier molecular flexibility index (Phi) is 6.41. The Morgan fingerprint density at radius 3 is 2.19 bits per heavy atom. The molecule has 0 aromatic rings. The fraction of sp³-hybridized carbons (Fsp3) is 1.00. The molecule has 0 saturated heterocycles. The molecule has 0 spiro atoms. The van der Waals surface area contributed by atoms with Gasteiger partial charge < -0.3 is 5.11 Å². The van der Waals surface area contributed by atoms with E-state index in [-0.39, 0.29) is 5.60 Å². The Bertz CT molecular complexity index is 178. The summed E-state index contributed by atoms with van der Waals surface area (Å²) in [5.41, 5.74) is -0.236. The Hall–Kier alpha value is -0.0400. The summed E-state index contributed by atoms with van der Waals surface area (Å²) in [5, 5.41) is 10.2. The maximum atomic E-state index is 10.2. The molecule has 2 atom stereocenters. The summed E-state index contributed by atoms with van der Waals surface area (Å²) in [6, 6.07) is 0. The molecule has 1 rings (SSSR count). The van der Waals surface area contributed by atoms with Gasteiger partial charge in [0, 0.05) is 0 Å². The molecule has 0 bridgehead atoms. The van der Waals surface area contributed by atoms with Crippen LogP contribution in [0.1, 0.15) is 84.5 Å². The summed E-state index contributed by atoms with van der Waals surface area (Å²) in [6.45, 7) is 4.49. The minimum absolute atomic E-state index is 0.236. The molecule has 0 heterocycles. The van der Waals surface area contributed by atoms with Crippen LogP contribution in [0.25, 0.3) is 0 Å². The molecule has 1 aliphatic rings. The highest BCUT2D eigenvalue weighted by atomic mass is 16.3. The van der Waals surface area contributed by atoms with E-state index in [1.54, 1.807) is 0 Å². The van der Waals surface area contributed by atoms with Gasteiger partial charge >= 0.3 is 0 Å². The summed E-state index contributed by atoms with van der Waals surface area (Å²) in [6.07, 6.45) is 13.9. The Morgan fingerprint density at radius 2 is 1.56 bits per heavy atom. The smallest absolute Gasteiger partial charge is 0.0680 e. The van der Waals surface area contributed by atoms with Crippen molar-refractivity contribution in [1.29, 1.82) is 0 Å². The van der Waals surface area contributed by atoms with Crippen molar-refractivity contribution in [1.82, 2.24) is 0 Å². The number of hydrogen-bond acceptors (Lipinski definition) is 1. The molecule has 0 aliphatic heterocycles. The molecule has 1 saturated carbocycles. The third kappa shape index (κ3) is 4.86. The molecule has 1 aliphatic carbocycles. The van der Waals surface area contributed by atoms with E-state index in [4.69, 9.17) is 0 Å². The zero-order valence-electron chi connectivity index (χ0n) is 11.3. The highest BCUT2D eigenvalue weighted by molar-refractivity contribution is 5.02. The van der Waals surface area contributed by atoms with E-state index < -0.39 is 0 Å². The van der Waals surface area contributed by atoms with Crippen LogP contribution in [0.5, 0.6) is 0 Å². The molecule has 0 aromatic heterocycles. The molecule has 1 nitrogen and oxygen atoms in total. The van der Waals surface area contributed by atoms with E-state index in [0.717, 1.165) is 12.8 Å². The summed E-state index contributed by atoms with van der Waals surface area (Å²) in [5.74, 6) is 0.644. The van der Waals surface area contributed by atoms with Gasteiger partial charge in [-0.2, -0.15) is 0 Å². The Labute approximate surface area is 102 Å². The minimum atomic E-state index is -0.236. The van der Waals surface area contributed by atoms with Crippen LogP contribution < -0.4 is 0 Å². The second-order valence-electron chi connectivity index (χ2n) is 5.66. The van der Waals surface area contributed by atoms with Gasteiger partial charge in [0.15, 0.2) is 0 Å². The van der Waals surface area contributed by atoms with Crippen molar-refractivity contribution in [2.75, 3.05) is 0 Å². The van der Waals surface area contributed by atoms with Gasteiger partial charge in [0.1, 0.15) is 0 Å². The summed E-state index contributed by atoms with van der Waals surface area (Å²) in [7, 11) is 0. The predicted octanol–water partition coefficient (Wildman–Crippen LogP) is 4.68. The molecule has 0 unspecified atom stereocenters. The van der Waals surface area contributed by atoms with E-state index in [2.05, 4.69) is 13.8 Å². The highest BCUT2D eigenvalue weighted by Gasteiger charge is 2.50. The topological polar surface area (TPSA) is 20.2 Å². The Morgan fingerprint density at radius 1 is 0.938 bits per heavy atom. The zero-order valence-corrected chi connectivity index (χ0v) is 11.3. The largest absolute Gasteiger partial charge is 0.390 e. The second kappa shape index (κ2) is 7.32. The van der Waals surface area contributed by atoms with Crippen LogP contribution in [0.3, 0.4) is 0 Å². The van der Waals surface area contributed by atoms with Gasteiger partial charge in [0.05, 0.1) is 5.60 Å². The maximum absolute atomic E-state index is 10.2. The van der Waals surface area contributed by atoms with E-state index in [9.17, 15) is 5.11 Å². The molecule has 0 radical (unpaired) electrons. The Balaban J connectivity index is 1.97. The lowest BCUT2D eigenvalue weighted by molar-refractivity contribution is 0.115. The first-order valence-corrected chi connectivity index (χ1v) is 7.45. The lowest BCUT2D eigenvalue weighted by Crippen LogP contribution is -2.10. The van der Waals surface area contributed by atoms with Gasteiger partial charge in [0.25, 0.3) is 0 Å². The average molecular weight is 226 g/mol. The number of hydrogen-bond donors (Lipinski definition) is 1. The molecular weight excluding hydrogens is 196 g/mol.